The van der Waals surface area contributed by atoms with E-state index in [-0.39, 0.29) is 18.2 Å². The Morgan fingerprint density at radius 2 is 1.50 bits per heavy atom. The van der Waals surface area contributed by atoms with E-state index in [2.05, 4.69) is 22.8 Å². The molecule has 126 valence electrons. The number of hydrogen-bond acceptors (Lipinski definition) is 2. The molecule has 0 bridgehead atoms. The van der Waals surface area contributed by atoms with Crippen molar-refractivity contribution in [3.63, 3.8) is 0 Å². The molecule has 4 heteroatoms. The smallest absolute Gasteiger partial charge is 0.229 e. The van der Waals surface area contributed by atoms with Crippen LogP contribution in [0.3, 0.4) is 0 Å². The van der Waals surface area contributed by atoms with E-state index in [0.717, 1.165) is 18.4 Å². The van der Waals surface area contributed by atoms with Crippen LogP contribution in [0.4, 0.5) is 0 Å². The van der Waals surface area contributed by atoms with E-state index in [9.17, 15) is 9.59 Å². The van der Waals surface area contributed by atoms with Gasteiger partial charge in [-0.05, 0) is 30.9 Å². The van der Waals surface area contributed by atoms with Crippen molar-refractivity contribution in [2.75, 3.05) is 6.54 Å². The second-order valence-corrected chi connectivity index (χ2v) is 5.88. The summed E-state index contributed by atoms with van der Waals surface area (Å²) >= 11 is 0. The number of hydrogen-bond donors (Lipinski definition) is 2. The normalized spacial score (nSPS) is 10.2. The van der Waals surface area contributed by atoms with Crippen LogP contribution in [0.1, 0.15) is 29.5 Å². The highest BCUT2D eigenvalue weighted by Gasteiger charge is 2.08. The maximum Gasteiger partial charge on any atom is 0.229 e. The molecule has 4 nitrogen and oxygen atoms in total. The summed E-state index contributed by atoms with van der Waals surface area (Å²) in [5.41, 5.74) is 3.46. The second kappa shape index (κ2) is 9.50. The van der Waals surface area contributed by atoms with Crippen molar-refractivity contribution in [3.8, 4) is 0 Å². The third-order valence-corrected chi connectivity index (χ3v) is 3.74. The molecule has 0 saturated heterocycles. The molecule has 0 fully saturated rings. The minimum absolute atomic E-state index is 0.128. The van der Waals surface area contributed by atoms with Crippen molar-refractivity contribution in [2.45, 2.75) is 32.7 Å². The summed E-state index contributed by atoms with van der Waals surface area (Å²) in [4.78, 5) is 23.5. The molecule has 0 aromatic heterocycles. The first-order chi connectivity index (χ1) is 11.6. The van der Waals surface area contributed by atoms with Crippen molar-refractivity contribution in [1.29, 1.82) is 0 Å². The average molecular weight is 324 g/mol. The van der Waals surface area contributed by atoms with Crippen LogP contribution >= 0.6 is 0 Å². The van der Waals surface area contributed by atoms with E-state index >= 15 is 0 Å². The number of rotatable bonds is 8. The van der Waals surface area contributed by atoms with Gasteiger partial charge in [-0.3, -0.25) is 9.59 Å². The molecule has 2 amide bonds. The molecule has 24 heavy (non-hydrogen) atoms. The van der Waals surface area contributed by atoms with E-state index in [4.69, 9.17) is 0 Å². The molecule has 2 rings (SSSR count). The van der Waals surface area contributed by atoms with E-state index < -0.39 is 0 Å². The number of carbonyl (C=O) groups is 2. The molecule has 0 saturated carbocycles. The van der Waals surface area contributed by atoms with E-state index in [0.29, 0.717) is 13.1 Å². The number of amides is 2. The first-order valence-electron chi connectivity index (χ1n) is 8.26. The van der Waals surface area contributed by atoms with Crippen LogP contribution in [0.2, 0.25) is 0 Å². The minimum atomic E-state index is -0.254. The van der Waals surface area contributed by atoms with Gasteiger partial charge < -0.3 is 10.6 Å². The Labute approximate surface area is 143 Å². The zero-order chi connectivity index (χ0) is 17.2. The van der Waals surface area contributed by atoms with E-state index in [1.807, 2.05) is 49.4 Å². The summed E-state index contributed by atoms with van der Waals surface area (Å²) in [5, 5.41) is 5.56. The summed E-state index contributed by atoms with van der Waals surface area (Å²) in [6.45, 7) is 3.05. The van der Waals surface area contributed by atoms with Gasteiger partial charge >= 0.3 is 0 Å². The summed E-state index contributed by atoms with van der Waals surface area (Å²) in [5.74, 6) is -0.486. The van der Waals surface area contributed by atoms with Crippen molar-refractivity contribution < 1.29 is 9.59 Å². The molecule has 2 aromatic rings. The van der Waals surface area contributed by atoms with Crippen LogP contribution < -0.4 is 10.6 Å². The van der Waals surface area contributed by atoms with Gasteiger partial charge in [0, 0.05) is 13.1 Å². The van der Waals surface area contributed by atoms with Crippen LogP contribution in [0, 0.1) is 6.92 Å². The molecular formula is C20H24N2O2. The standard InChI is InChI=1S/C20H24N2O2/c1-16-9-11-18(12-10-16)15-22-20(24)14-19(23)21-13-5-8-17-6-3-2-4-7-17/h2-4,6-7,9-12H,5,8,13-15H2,1H3,(H,21,23)(H,22,24). The monoisotopic (exact) mass is 324 g/mol. The second-order valence-electron chi connectivity index (χ2n) is 5.88. The summed E-state index contributed by atoms with van der Waals surface area (Å²) < 4.78 is 0. The van der Waals surface area contributed by atoms with Crippen molar-refractivity contribution in [2.24, 2.45) is 0 Å². The molecule has 0 aliphatic rings. The molecular weight excluding hydrogens is 300 g/mol. The Kier molecular flexibility index (Phi) is 7.02. The highest BCUT2D eigenvalue weighted by molar-refractivity contribution is 5.96. The SMILES string of the molecule is Cc1ccc(CNC(=O)CC(=O)NCCCc2ccccc2)cc1. The van der Waals surface area contributed by atoms with Crippen molar-refractivity contribution >= 4 is 11.8 Å². The molecule has 2 aromatic carbocycles. The zero-order valence-corrected chi connectivity index (χ0v) is 14.0. The molecule has 0 spiro atoms. The highest BCUT2D eigenvalue weighted by atomic mass is 16.2. The Balaban J connectivity index is 1.59. The maximum atomic E-state index is 11.8. The van der Waals surface area contributed by atoms with Gasteiger partial charge in [0.2, 0.25) is 11.8 Å². The third-order valence-electron chi connectivity index (χ3n) is 3.74. The lowest BCUT2D eigenvalue weighted by Gasteiger charge is -2.07. The fraction of sp³-hybridized carbons (Fsp3) is 0.300. The van der Waals surface area contributed by atoms with E-state index in [1.165, 1.54) is 11.1 Å². The van der Waals surface area contributed by atoms with Crippen LogP contribution in [-0.4, -0.2) is 18.4 Å². The van der Waals surface area contributed by atoms with Gasteiger partial charge in [0.05, 0.1) is 0 Å². The zero-order valence-electron chi connectivity index (χ0n) is 14.0. The van der Waals surface area contributed by atoms with Crippen LogP contribution in [-0.2, 0) is 22.6 Å². The van der Waals surface area contributed by atoms with Gasteiger partial charge in [-0.25, -0.2) is 0 Å². The van der Waals surface area contributed by atoms with Gasteiger partial charge in [-0.2, -0.15) is 0 Å². The van der Waals surface area contributed by atoms with Crippen LogP contribution in [0.5, 0.6) is 0 Å². The average Bonchev–Trinajstić information content (AvgIpc) is 2.59. The summed E-state index contributed by atoms with van der Waals surface area (Å²) in [6.07, 6.45) is 1.65. The molecule has 2 N–H and O–H groups in total. The lowest BCUT2D eigenvalue weighted by molar-refractivity contribution is -0.129. The first-order valence-corrected chi connectivity index (χ1v) is 8.26. The van der Waals surface area contributed by atoms with Gasteiger partial charge in [-0.1, -0.05) is 60.2 Å². The van der Waals surface area contributed by atoms with Gasteiger partial charge in [-0.15, -0.1) is 0 Å². The van der Waals surface area contributed by atoms with Crippen LogP contribution in [0.25, 0.3) is 0 Å². The Morgan fingerprint density at radius 3 is 2.21 bits per heavy atom. The maximum absolute atomic E-state index is 11.8. The predicted molar refractivity (Wildman–Crippen MR) is 95.4 cm³/mol. The van der Waals surface area contributed by atoms with Gasteiger partial charge in [0.1, 0.15) is 6.42 Å². The molecule has 0 unspecified atom stereocenters. The molecule has 0 heterocycles. The number of carbonyl (C=O) groups excluding carboxylic acids is 2. The molecule has 0 atom stereocenters. The quantitative estimate of drug-likeness (QED) is 0.579. The molecule has 0 radical (unpaired) electrons. The Bertz CT molecular complexity index is 651. The van der Waals surface area contributed by atoms with Crippen LogP contribution in [0.15, 0.2) is 54.6 Å². The van der Waals surface area contributed by atoms with Gasteiger partial charge in [0.15, 0.2) is 0 Å². The summed E-state index contributed by atoms with van der Waals surface area (Å²) in [7, 11) is 0. The van der Waals surface area contributed by atoms with Crippen molar-refractivity contribution in [1.82, 2.24) is 10.6 Å². The van der Waals surface area contributed by atoms with Gasteiger partial charge in [0.25, 0.3) is 0 Å². The minimum Gasteiger partial charge on any atom is -0.356 e. The number of benzene rings is 2. The number of nitrogens with one attached hydrogen (secondary N) is 2. The Hall–Kier alpha value is -2.62. The lowest BCUT2D eigenvalue weighted by atomic mass is 10.1. The molecule has 0 aliphatic heterocycles. The predicted octanol–water partition coefficient (Wildman–Crippen LogP) is 2.75. The first kappa shape index (κ1) is 17.7. The largest absolute Gasteiger partial charge is 0.356 e. The fourth-order valence-electron chi connectivity index (χ4n) is 2.34. The van der Waals surface area contributed by atoms with E-state index in [1.54, 1.807) is 0 Å². The highest BCUT2D eigenvalue weighted by Crippen LogP contribution is 2.03. The van der Waals surface area contributed by atoms with Crippen molar-refractivity contribution in [3.05, 3.63) is 71.3 Å². The third kappa shape index (κ3) is 6.65. The number of aryl methyl sites for hydroxylation is 2. The topological polar surface area (TPSA) is 58.2 Å². The Morgan fingerprint density at radius 1 is 0.833 bits per heavy atom. The fourth-order valence-corrected chi connectivity index (χ4v) is 2.34. The molecule has 0 aliphatic carbocycles. The lowest BCUT2D eigenvalue weighted by Crippen LogP contribution is -2.32. The summed E-state index contributed by atoms with van der Waals surface area (Å²) in [6, 6.07) is 18.1.